The topological polar surface area (TPSA) is 12.9 Å². The molecule has 0 radical (unpaired) electrons. The van der Waals surface area contributed by atoms with Gasteiger partial charge in [0.1, 0.15) is 0 Å². The first kappa shape index (κ1) is 15.0. The summed E-state index contributed by atoms with van der Waals surface area (Å²) in [7, 11) is 0. The maximum Gasteiger partial charge on any atom is 0.416 e. The molecule has 21 heavy (non-hydrogen) atoms. The van der Waals surface area contributed by atoms with Crippen molar-refractivity contribution in [1.82, 2.24) is 4.98 Å². The molecule has 0 bridgehead atoms. The third-order valence-electron chi connectivity index (χ3n) is 2.88. The van der Waals surface area contributed by atoms with Gasteiger partial charge >= 0.3 is 6.18 Å². The van der Waals surface area contributed by atoms with Crippen LogP contribution in [-0.4, -0.2) is 4.98 Å². The van der Waals surface area contributed by atoms with Gasteiger partial charge in [0, 0.05) is 12.4 Å². The van der Waals surface area contributed by atoms with Crippen molar-refractivity contribution in [3.05, 3.63) is 83.7 Å². The van der Waals surface area contributed by atoms with E-state index in [0.29, 0.717) is 0 Å². The van der Waals surface area contributed by atoms with Crippen molar-refractivity contribution in [2.75, 3.05) is 0 Å². The maximum absolute atomic E-state index is 12.8. The van der Waals surface area contributed by atoms with Gasteiger partial charge in [0.15, 0.2) is 0 Å². The predicted molar refractivity (Wildman–Crippen MR) is 77.6 cm³/mol. The minimum absolute atomic E-state index is 0.175. The summed E-state index contributed by atoms with van der Waals surface area (Å²) < 4.78 is 38.3. The van der Waals surface area contributed by atoms with E-state index >= 15 is 0 Å². The molecule has 1 nitrogen and oxygen atoms in total. The fraction of sp³-hybridized carbons (Fsp3) is 0.118. The number of halogens is 3. The van der Waals surface area contributed by atoms with Crippen LogP contribution in [0.4, 0.5) is 13.2 Å². The van der Waals surface area contributed by atoms with Crippen LogP contribution in [-0.2, 0) is 12.6 Å². The quantitative estimate of drug-likeness (QED) is 0.729. The van der Waals surface area contributed by atoms with Gasteiger partial charge in [0.25, 0.3) is 0 Å². The highest BCUT2D eigenvalue weighted by Gasteiger charge is 2.32. The number of nitrogens with zero attached hydrogens (tertiary/aromatic N) is 1. The van der Waals surface area contributed by atoms with Gasteiger partial charge < -0.3 is 0 Å². The van der Waals surface area contributed by atoms with Crippen molar-refractivity contribution in [2.24, 2.45) is 0 Å². The van der Waals surface area contributed by atoms with E-state index in [0.717, 1.165) is 17.8 Å². The largest absolute Gasteiger partial charge is 0.416 e. The molecule has 2 rings (SSSR count). The van der Waals surface area contributed by atoms with Gasteiger partial charge in [0.2, 0.25) is 0 Å². The molecule has 1 heterocycles. The molecule has 0 fully saturated rings. The molecule has 0 saturated carbocycles. The van der Waals surface area contributed by atoms with E-state index in [4.69, 9.17) is 0 Å². The SMILES string of the molecule is FC(F)(F)c1ccncc1CC=CC=Cc1ccccc1. The summed E-state index contributed by atoms with van der Waals surface area (Å²) in [5, 5.41) is 0. The molecule has 1 aromatic heterocycles. The first-order valence-corrected chi connectivity index (χ1v) is 6.46. The zero-order valence-corrected chi connectivity index (χ0v) is 11.2. The van der Waals surface area contributed by atoms with E-state index in [1.165, 1.54) is 6.20 Å². The van der Waals surface area contributed by atoms with Crippen LogP contribution in [0.15, 0.2) is 67.0 Å². The summed E-state index contributed by atoms with van der Waals surface area (Å²) in [6, 6.07) is 10.7. The van der Waals surface area contributed by atoms with E-state index in [-0.39, 0.29) is 12.0 Å². The van der Waals surface area contributed by atoms with Crippen LogP contribution >= 0.6 is 0 Å². The summed E-state index contributed by atoms with van der Waals surface area (Å²) >= 11 is 0. The third kappa shape index (κ3) is 4.60. The van der Waals surface area contributed by atoms with Crippen molar-refractivity contribution in [3.8, 4) is 0 Å². The number of pyridine rings is 1. The predicted octanol–water partition coefficient (Wildman–Crippen LogP) is 4.91. The molecule has 2 aromatic rings. The van der Waals surface area contributed by atoms with E-state index in [1.54, 1.807) is 18.2 Å². The zero-order valence-electron chi connectivity index (χ0n) is 11.2. The van der Waals surface area contributed by atoms with Crippen molar-refractivity contribution < 1.29 is 13.2 Å². The molecule has 0 atom stereocenters. The van der Waals surface area contributed by atoms with E-state index < -0.39 is 11.7 Å². The number of aromatic nitrogens is 1. The molecule has 108 valence electrons. The summed E-state index contributed by atoms with van der Waals surface area (Å²) in [6.45, 7) is 0. The standard InChI is InChI=1S/C17H14F3N/c18-17(19,20)16-11-12-21-13-15(16)10-6-2-5-9-14-7-3-1-4-8-14/h1-9,11-13H,10H2. The molecule has 0 N–H and O–H groups in total. The fourth-order valence-electron chi connectivity index (χ4n) is 1.87. The second-order valence-electron chi connectivity index (χ2n) is 4.43. The van der Waals surface area contributed by atoms with Crippen molar-refractivity contribution >= 4 is 6.08 Å². The van der Waals surface area contributed by atoms with Gasteiger partial charge in [-0.15, -0.1) is 0 Å². The van der Waals surface area contributed by atoms with Gasteiger partial charge in [-0.25, -0.2) is 0 Å². The average Bonchev–Trinajstić information content (AvgIpc) is 2.47. The smallest absolute Gasteiger partial charge is 0.264 e. The van der Waals surface area contributed by atoms with Crippen molar-refractivity contribution in [2.45, 2.75) is 12.6 Å². The Morgan fingerprint density at radius 2 is 1.76 bits per heavy atom. The van der Waals surface area contributed by atoms with Crippen LogP contribution in [0.25, 0.3) is 6.08 Å². The van der Waals surface area contributed by atoms with E-state index in [2.05, 4.69) is 4.98 Å². The number of alkyl halides is 3. The molecule has 0 amide bonds. The minimum Gasteiger partial charge on any atom is -0.264 e. The van der Waals surface area contributed by atoms with Crippen LogP contribution in [0.3, 0.4) is 0 Å². The molecular formula is C17H14F3N. The number of rotatable bonds is 4. The zero-order chi connectivity index (χ0) is 15.1. The molecule has 4 heteroatoms. The Morgan fingerprint density at radius 1 is 1.00 bits per heavy atom. The summed E-state index contributed by atoms with van der Waals surface area (Å²) in [5.74, 6) is 0. The van der Waals surface area contributed by atoms with Crippen LogP contribution in [0.2, 0.25) is 0 Å². The molecule has 1 aromatic carbocycles. The molecule has 0 aliphatic rings. The Morgan fingerprint density at radius 3 is 2.48 bits per heavy atom. The molecule has 0 spiro atoms. The van der Waals surface area contributed by atoms with Crippen LogP contribution in [0, 0.1) is 0 Å². The molecule has 0 aliphatic carbocycles. The summed E-state index contributed by atoms with van der Waals surface area (Å²) in [6.07, 6.45) is 5.39. The number of benzene rings is 1. The lowest BCUT2D eigenvalue weighted by Crippen LogP contribution is -2.09. The third-order valence-corrected chi connectivity index (χ3v) is 2.88. The lowest BCUT2D eigenvalue weighted by Gasteiger charge is -2.10. The Labute approximate surface area is 121 Å². The van der Waals surface area contributed by atoms with Crippen LogP contribution in [0.5, 0.6) is 0 Å². The molecule has 0 saturated heterocycles. The van der Waals surface area contributed by atoms with Crippen LogP contribution in [0.1, 0.15) is 16.7 Å². The number of hydrogen-bond acceptors (Lipinski definition) is 1. The lowest BCUT2D eigenvalue weighted by molar-refractivity contribution is -0.138. The first-order chi connectivity index (χ1) is 10.1. The van der Waals surface area contributed by atoms with Gasteiger partial charge in [-0.2, -0.15) is 13.2 Å². The highest BCUT2D eigenvalue weighted by atomic mass is 19.4. The lowest BCUT2D eigenvalue weighted by atomic mass is 10.1. The van der Waals surface area contributed by atoms with Crippen molar-refractivity contribution in [1.29, 1.82) is 0 Å². The highest BCUT2D eigenvalue weighted by Crippen LogP contribution is 2.31. The maximum atomic E-state index is 12.8. The van der Waals surface area contributed by atoms with Crippen molar-refractivity contribution in [3.63, 3.8) is 0 Å². The second kappa shape index (κ2) is 6.88. The fourth-order valence-corrected chi connectivity index (χ4v) is 1.87. The van der Waals surface area contributed by atoms with Gasteiger partial charge in [0.05, 0.1) is 5.56 Å². The van der Waals surface area contributed by atoms with E-state index in [1.807, 2.05) is 36.4 Å². The van der Waals surface area contributed by atoms with Crippen LogP contribution < -0.4 is 0 Å². The minimum atomic E-state index is -4.34. The summed E-state index contributed by atoms with van der Waals surface area (Å²) in [4.78, 5) is 3.75. The number of allylic oxidation sites excluding steroid dienone is 3. The normalized spacial score (nSPS) is 12.3. The average molecular weight is 289 g/mol. The highest BCUT2D eigenvalue weighted by molar-refractivity contribution is 5.50. The molecule has 0 unspecified atom stereocenters. The monoisotopic (exact) mass is 289 g/mol. The van der Waals surface area contributed by atoms with Gasteiger partial charge in [-0.05, 0) is 23.6 Å². The number of hydrogen-bond donors (Lipinski definition) is 0. The first-order valence-electron chi connectivity index (χ1n) is 6.46. The molecular weight excluding hydrogens is 275 g/mol. The second-order valence-corrected chi connectivity index (χ2v) is 4.43. The molecule has 0 aliphatic heterocycles. The Balaban J connectivity index is 2.01. The van der Waals surface area contributed by atoms with Gasteiger partial charge in [-0.3, -0.25) is 4.98 Å². The van der Waals surface area contributed by atoms with E-state index in [9.17, 15) is 13.2 Å². The Kier molecular flexibility index (Phi) is 4.93. The van der Waals surface area contributed by atoms with Gasteiger partial charge in [-0.1, -0.05) is 54.6 Å². The Bertz CT molecular complexity index is 628. The summed E-state index contributed by atoms with van der Waals surface area (Å²) in [5.41, 5.74) is 0.586. The Hall–Kier alpha value is -2.36.